The van der Waals surface area contributed by atoms with Gasteiger partial charge in [-0.3, -0.25) is 9.36 Å². The number of aryl methyl sites for hydroxylation is 2. The van der Waals surface area contributed by atoms with Crippen LogP contribution in [0.1, 0.15) is 18.3 Å². The molecule has 26 heavy (non-hydrogen) atoms. The van der Waals surface area contributed by atoms with Crippen molar-refractivity contribution < 1.29 is 4.79 Å². The molecule has 0 saturated heterocycles. The lowest BCUT2D eigenvalue weighted by Gasteiger charge is -2.14. The Labute approximate surface area is 161 Å². The van der Waals surface area contributed by atoms with Gasteiger partial charge in [0.2, 0.25) is 5.91 Å². The smallest absolute Gasteiger partial charge is 0.238 e. The second kappa shape index (κ2) is 7.88. The summed E-state index contributed by atoms with van der Waals surface area (Å²) in [7, 11) is 0. The summed E-state index contributed by atoms with van der Waals surface area (Å²) in [5.74, 6) is 1.07. The van der Waals surface area contributed by atoms with Gasteiger partial charge >= 0.3 is 0 Å². The lowest BCUT2D eigenvalue weighted by molar-refractivity contribution is -0.115. The highest BCUT2D eigenvalue weighted by Crippen LogP contribution is 2.27. The van der Waals surface area contributed by atoms with Crippen LogP contribution in [0.15, 0.2) is 47.8 Å². The van der Waals surface area contributed by atoms with Crippen LogP contribution >= 0.6 is 23.4 Å². The Morgan fingerprint density at radius 3 is 2.65 bits per heavy atom. The first-order valence-electron chi connectivity index (χ1n) is 8.03. The normalized spacial score (nSPS) is 12.0. The first-order valence-corrected chi connectivity index (χ1v) is 9.28. The number of pyridine rings is 1. The molecule has 1 unspecified atom stereocenters. The predicted octanol–water partition coefficient (Wildman–Crippen LogP) is 4.05. The van der Waals surface area contributed by atoms with Crippen molar-refractivity contribution in [3.8, 4) is 5.69 Å². The molecule has 1 aromatic carbocycles. The van der Waals surface area contributed by atoms with Crippen molar-refractivity contribution in [2.45, 2.75) is 31.2 Å². The number of thioether (sulfide) groups is 1. The fourth-order valence-electron chi connectivity index (χ4n) is 2.40. The largest absolute Gasteiger partial charge is 0.310 e. The topological polar surface area (TPSA) is 72.7 Å². The van der Waals surface area contributed by atoms with E-state index in [1.165, 1.54) is 18.0 Å². The number of para-hydroxylation sites is 1. The van der Waals surface area contributed by atoms with E-state index in [0.717, 1.165) is 17.1 Å². The number of nitrogens with one attached hydrogen (secondary N) is 1. The quantitative estimate of drug-likeness (QED) is 0.668. The van der Waals surface area contributed by atoms with Gasteiger partial charge < -0.3 is 5.32 Å². The molecule has 0 aliphatic rings. The second-order valence-electron chi connectivity index (χ2n) is 5.76. The number of hydrogen-bond donors (Lipinski definition) is 1. The van der Waals surface area contributed by atoms with Crippen molar-refractivity contribution in [3.63, 3.8) is 0 Å². The Kier molecular flexibility index (Phi) is 5.58. The lowest BCUT2D eigenvalue weighted by Crippen LogP contribution is -2.23. The molecule has 2 aromatic heterocycles. The van der Waals surface area contributed by atoms with Crippen LogP contribution < -0.4 is 5.32 Å². The Morgan fingerprint density at radius 2 is 1.96 bits per heavy atom. The minimum Gasteiger partial charge on any atom is -0.310 e. The van der Waals surface area contributed by atoms with Crippen molar-refractivity contribution >= 4 is 35.1 Å². The summed E-state index contributed by atoms with van der Waals surface area (Å²) in [5, 5.41) is 12.0. The van der Waals surface area contributed by atoms with Crippen LogP contribution in [0.5, 0.6) is 0 Å². The highest BCUT2D eigenvalue weighted by molar-refractivity contribution is 8.00. The predicted molar refractivity (Wildman–Crippen MR) is 104 cm³/mol. The van der Waals surface area contributed by atoms with E-state index in [2.05, 4.69) is 20.5 Å². The Hall–Kier alpha value is -2.38. The molecule has 1 N–H and O–H groups in total. The molecule has 134 valence electrons. The van der Waals surface area contributed by atoms with Crippen molar-refractivity contribution in [3.05, 3.63) is 59.0 Å². The maximum Gasteiger partial charge on any atom is 0.238 e. The molecule has 8 heteroatoms. The van der Waals surface area contributed by atoms with E-state index in [4.69, 9.17) is 11.6 Å². The van der Waals surface area contributed by atoms with Crippen molar-refractivity contribution in [2.24, 2.45) is 0 Å². The van der Waals surface area contributed by atoms with Gasteiger partial charge in [0.05, 0.1) is 16.0 Å². The minimum absolute atomic E-state index is 0.165. The molecule has 6 nitrogen and oxygen atoms in total. The number of carbonyl (C=O) groups excluding carboxylic acids is 1. The van der Waals surface area contributed by atoms with Crippen molar-refractivity contribution in [1.82, 2.24) is 19.7 Å². The highest BCUT2D eigenvalue weighted by Gasteiger charge is 2.20. The van der Waals surface area contributed by atoms with Crippen LogP contribution in [0.4, 0.5) is 5.82 Å². The van der Waals surface area contributed by atoms with Gasteiger partial charge in [-0.05, 0) is 44.5 Å². The van der Waals surface area contributed by atoms with Crippen LogP contribution in [-0.2, 0) is 4.79 Å². The maximum absolute atomic E-state index is 12.5. The van der Waals surface area contributed by atoms with E-state index < -0.39 is 0 Å². The first-order chi connectivity index (χ1) is 12.5. The maximum atomic E-state index is 12.5. The molecule has 0 fully saturated rings. The highest BCUT2D eigenvalue weighted by atomic mass is 35.5. The molecule has 2 heterocycles. The van der Waals surface area contributed by atoms with Gasteiger partial charge in [0.15, 0.2) is 5.16 Å². The number of aromatic nitrogens is 4. The molecule has 0 radical (unpaired) electrons. The number of benzene rings is 1. The summed E-state index contributed by atoms with van der Waals surface area (Å²) in [6, 6.07) is 11.3. The van der Waals surface area contributed by atoms with Crippen LogP contribution in [0.25, 0.3) is 5.69 Å². The summed E-state index contributed by atoms with van der Waals surface area (Å²) in [6.45, 7) is 5.75. The standard InChI is InChI=1S/C18H18ClN5OS/c1-11-6-4-5-7-15(11)24-13(3)22-23-18(24)26-12(2)17(25)21-16-9-8-14(19)10-20-16/h4-10,12H,1-3H3,(H,20,21,25). The Bertz CT molecular complexity index is 926. The molecule has 1 amide bonds. The van der Waals surface area contributed by atoms with Crippen LogP contribution in [0.3, 0.4) is 0 Å². The van der Waals surface area contributed by atoms with Gasteiger partial charge in [0, 0.05) is 6.20 Å². The van der Waals surface area contributed by atoms with Gasteiger partial charge in [-0.2, -0.15) is 0 Å². The summed E-state index contributed by atoms with van der Waals surface area (Å²) < 4.78 is 1.96. The van der Waals surface area contributed by atoms with Gasteiger partial charge in [0.25, 0.3) is 0 Å². The van der Waals surface area contributed by atoms with E-state index in [1.807, 2.05) is 49.6 Å². The van der Waals surface area contributed by atoms with Crippen LogP contribution in [-0.4, -0.2) is 30.9 Å². The summed E-state index contributed by atoms with van der Waals surface area (Å²) >= 11 is 7.16. The number of anilines is 1. The average Bonchev–Trinajstić information content (AvgIpc) is 2.97. The van der Waals surface area contributed by atoms with E-state index in [9.17, 15) is 4.79 Å². The second-order valence-corrected chi connectivity index (χ2v) is 7.51. The fourth-order valence-corrected chi connectivity index (χ4v) is 3.42. The number of carbonyl (C=O) groups is 1. The first kappa shape index (κ1) is 18.4. The van der Waals surface area contributed by atoms with Crippen molar-refractivity contribution in [2.75, 3.05) is 5.32 Å². The molecule has 0 aliphatic heterocycles. The lowest BCUT2D eigenvalue weighted by atomic mass is 10.2. The van der Waals surface area contributed by atoms with Crippen molar-refractivity contribution in [1.29, 1.82) is 0 Å². The monoisotopic (exact) mass is 387 g/mol. The van der Waals surface area contributed by atoms with Gasteiger partial charge in [-0.1, -0.05) is 41.6 Å². The van der Waals surface area contributed by atoms with Gasteiger partial charge in [0.1, 0.15) is 11.6 Å². The van der Waals surface area contributed by atoms with E-state index in [1.54, 1.807) is 12.1 Å². The van der Waals surface area contributed by atoms with Gasteiger partial charge in [-0.15, -0.1) is 10.2 Å². The SMILES string of the molecule is Cc1ccccc1-n1c(C)nnc1SC(C)C(=O)Nc1ccc(Cl)cn1. The molecule has 3 aromatic rings. The molecular formula is C18H18ClN5OS. The van der Waals surface area contributed by atoms with Crippen LogP contribution in [0.2, 0.25) is 5.02 Å². The zero-order valence-corrected chi connectivity index (χ0v) is 16.2. The van der Waals surface area contributed by atoms with Crippen LogP contribution in [0, 0.1) is 13.8 Å². The number of amides is 1. The number of rotatable bonds is 5. The molecule has 1 atom stereocenters. The zero-order valence-electron chi connectivity index (χ0n) is 14.6. The fraction of sp³-hybridized carbons (Fsp3) is 0.222. The molecule has 0 aliphatic carbocycles. The minimum atomic E-state index is -0.376. The summed E-state index contributed by atoms with van der Waals surface area (Å²) in [6.07, 6.45) is 1.49. The number of nitrogens with zero attached hydrogens (tertiary/aromatic N) is 4. The number of hydrogen-bond acceptors (Lipinski definition) is 5. The summed E-state index contributed by atoms with van der Waals surface area (Å²) in [4.78, 5) is 16.5. The van der Waals surface area contributed by atoms with E-state index in [0.29, 0.717) is 16.0 Å². The Balaban J connectivity index is 1.78. The zero-order chi connectivity index (χ0) is 18.7. The third-order valence-corrected chi connectivity index (χ3v) is 5.05. The molecule has 0 bridgehead atoms. The molecule has 0 spiro atoms. The summed E-state index contributed by atoms with van der Waals surface area (Å²) in [5.41, 5.74) is 2.11. The molecule has 0 saturated carbocycles. The average molecular weight is 388 g/mol. The van der Waals surface area contributed by atoms with Gasteiger partial charge in [-0.25, -0.2) is 4.98 Å². The molecule has 3 rings (SSSR count). The Morgan fingerprint density at radius 1 is 1.19 bits per heavy atom. The third-order valence-electron chi connectivity index (χ3n) is 3.78. The number of halogens is 1. The van der Waals surface area contributed by atoms with E-state index in [-0.39, 0.29) is 11.2 Å². The molecular weight excluding hydrogens is 370 g/mol. The third kappa shape index (κ3) is 4.05. The van der Waals surface area contributed by atoms with E-state index >= 15 is 0 Å².